The van der Waals surface area contributed by atoms with Gasteiger partial charge in [-0.2, -0.15) is 0 Å². The molecule has 5 aliphatic heterocycles. The van der Waals surface area contributed by atoms with Gasteiger partial charge in [-0.25, -0.2) is 4.79 Å². The Bertz CT molecular complexity index is 1730. The van der Waals surface area contributed by atoms with Gasteiger partial charge in [0.05, 0.1) is 35.4 Å². The van der Waals surface area contributed by atoms with Crippen LogP contribution in [0.15, 0.2) is 16.7 Å². The number of rotatable bonds is 6. The normalized spacial score (nSPS) is 49.7. The predicted molar refractivity (Wildman–Crippen MR) is 191 cm³/mol. The largest absolute Gasteiger partial charge is 0.469 e. The highest BCUT2D eigenvalue weighted by atomic mass is 16.7. The Labute approximate surface area is 317 Å². The van der Waals surface area contributed by atoms with E-state index in [1.54, 1.807) is 6.26 Å². The van der Waals surface area contributed by atoms with Crippen molar-refractivity contribution in [2.75, 3.05) is 19.8 Å². The van der Waals surface area contributed by atoms with Gasteiger partial charge in [0.2, 0.25) is 0 Å². The monoisotopic (exact) mass is 750 g/mol. The number of ketones is 1. The summed E-state index contributed by atoms with van der Waals surface area (Å²) in [7, 11) is 0. The lowest BCUT2D eigenvalue weighted by molar-refractivity contribution is -0.264. The number of cyclic esters (lactones) is 2. The summed E-state index contributed by atoms with van der Waals surface area (Å²) in [4.78, 5) is 42.7. The average molecular weight is 751 g/mol. The van der Waals surface area contributed by atoms with Crippen LogP contribution in [0.5, 0.6) is 0 Å². The van der Waals surface area contributed by atoms with Crippen molar-refractivity contribution < 1.29 is 48.0 Å². The Morgan fingerprint density at radius 3 is 2.50 bits per heavy atom. The molecule has 0 radical (unpaired) electrons. The first kappa shape index (κ1) is 36.0. The fraction of sp³-hybridized carbons (Fsp3) is 0.833. The number of ether oxygens (including phenoxy) is 4. The first-order chi connectivity index (χ1) is 25.7. The number of hydrogen-bond donors (Lipinski definition) is 4. The lowest BCUT2D eigenvalue weighted by atomic mass is 9.35. The van der Waals surface area contributed by atoms with Crippen molar-refractivity contribution in [3.8, 4) is 0 Å². The minimum absolute atomic E-state index is 0.0101. The molecule has 54 heavy (non-hydrogen) atoms. The molecule has 14 unspecified atom stereocenters. The number of epoxide rings is 1. The maximum atomic E-state index is 14.9. The van der Waals surface area contributed by atoms with E-state index in [1.165, 1.54) is 0 Å². The van der Waals surface area contributed by atoms with Crippen molar-refractivity contribution >= 4 is 17.7 Å². The van der Waals surface area contributed by atoms with E-state index < -0.39 is 75.3 Å². The summed E-state index contributed by atoms with van der Waals surface area (Å²) in [6.07, 6.45) is 7.21. The molecule has 0 bridgehead atoms. The van der Waals surface area contributed by atoms with Crippen molar-refractivity contribution in [2.24, 2.45) is 45.3 Å². The minimum Gasteiger partial charge on any atom is -0.469 e. The van der Waals surface area contributed by atoms with Crippen LogP contribution in [0, 0.1) is 45.3 Å². The topological polar surface area (TPSA) is 169 Å². The predicted octanol–water partition coefficient (Wildman–Crippen LogP) is 3.90. The zero-order chi connectivity index (χ0) is 37.6. The van der Waals surface area contributed by atoms with Crippen LogP contribution in [0.2, 0.25) is 0 Å². The maximum Gasteiger partial charge on any atom is 0.339 e. The van der Waals surface area contributed by atoms with E-state index in [-0.39, 0.29) is 30.2 Å². The molecule has 5 saturated heterocycles. The molecule has 296 valence electrons. The highest BCUT2D eigenvalue weighted by Crippen LogP contribution is 2.81. The van der Waals surface area contributed by atoms with Gasteiger partial charge >= 0.3 is 11.9 Å². The molecule has 0 aromatic carbocycles. The zero-order valence-electron chi connectivity index (χ0n) is 32.2. The molecule has 12 heteroatoms. The Morgan fingerprint density at radius 2 is 1.74 bits per heavy atom. The molecule has 0 amide bonds. The van der Waals surface area contributed by atoms with Crippen LogP contribution >= 0.6 is 0 Å². The van der Waals surface area contributed by atoms with Crippen LogP contribution in [-0.2, 0) is 39.8 Å². The molecular formula is C42H58N2O10. The van der Waals surface area contributed by atoms with Gasteiger partial charge < -0.3 is 44.2 Å². The van der Waals surface area contributed by atoms with Gasteiger partial charge in [-0.15, -0.1) is 0 Å². The van der Waals surface area contributed by atoms with Crippen LogP contribution in [0.25, 0.3) is 0 Å². The average Bonchev–Trinajstić information content (AvgIpc) is 3.60. The van der Waals surface area contributed by atoms with Crippen LogP contribution in [0.1, 0.15) is 116 Å². The third-order valence-electron chi connectivity index (χ3n) is 17.1. The first-order valence-electron chi connectivity index (χ1n) is 20.9. The van der Waals surface area contributed by atoms with Crippen molar-refractivity contribution in [3.05, 3.63) is 23.7 Å². The van der Waals surface area contributed by atoms with E-state index in [1.807, 2.05) is 26.8 Å². The second-order valence-corrected chi connectivity index (χ2v) is 19.9. The van der Waals surface area contributed by atoms with Crippen LogP contribution in [0.3, 0.4) is 0 Å². The van der Waals surface area contributed by atoms with E-state index >= 15 is 0 Å². The smallest absolute Gasteiger partial charge is 0.339 e. The number of aliphatic hydroxyl groups excluding tert-OH is 2. The quantitative estimate of drug-likeness (QED) is 0.245. The third-order valence-corrected chi connectivity index (χ3v) is 17.1. The third kappa shape index (κ3) is 4.39. The Balaban J connectivity index is 0.996. The molecule has 4 saturated carbocycles. The van der Waals surface area contributed by atoms with E-state index in [0.29, 0.717) is 49.8 Å². The molecule has 1 aromatic heterocycles. The number of esters is 2. The first-order valence-corrected chi connectivity index (χ1v) is 20.9. The Hall–Kier alpha value is -2.35. The fourth-order valence-electron chi connectivity index (χ4n) is 14.8. The number of nitrogens with one attached hydrogen (secondary N) is 2. The summed E-state index contributed by atoms with van der Waals surface area (Å²) in [5.74, 6) is -0.842. The number of furan rings is 1. The highest BCUT2D eigenvalue weighted by Gasteiger charge is 2.91. The molecule has 12 nitrogen and oxygen atoms in total. The van der Waals surface area contributed by atoms with Gasteiger partial charge in [-0.3, -0.25) is 9.59 Å². The molecule has 4 aliphatic carbocycles. The summed E-state index contributed by atoms with van der Waals surface area (Å²) >= 11 is 0. The number of aliphatic hydroxyl groups is 2. The number of carbonyl (C=O) groups is 3. The summed E-state index contributed by atoms with van der Waals surface area (Å²) in [5.41, 5.74) is -5.13. The Morgan fingerprint density at radius 1 is 0.944 bits per heavy atom. The van der Waals surface area contributed by atoms with Crippen LogP contribution in [-0.4, -0.2) is 89.4 Å². The molecule has 9 aliphatic rings. The molecule has 6 heterocycles. The van der Waals surface area contributed by atoms with Crippen molar-refractivity contribution in [1.29, 1.82) is 0 Å². The van der Waals surface area contributed by atoms with E-state index in [4.69, 9.17) is 23.4 Å². The van der Waals surface area contributed by atoms with Crippen molar-refractivity contribution in [1.82, 2.24) is 10.6 Å². The number of hydrogen-bond acceptors (Lipinski definition) is 12. The SMILES string of the molecule is CC1(C)OC2C3(CCCC3)C(=O)OCC23C1C(=O)C(O)C1(C)C3CCC2(C)C(c3ccoc3CC3CC(CCC4CNCN4)CCC3O)OC(=O)C3OC321. The van der Waals surface area contributed by atoms with E-state index in [0.717, 1.165) is 63.7 Å². The number of fused-ring (bicyclic) bond motifs is 2. The lowest BCUT2D eigenvalue weighted by Crippen LogP contribution is -2.77. The van der Waals surface area contributed by atoms with E-state index in [2.05, 4.69) is 17.6 Å². The fourth-order valence-corrected chi connectivity index (χ4v) is 14.8. The molecule has 14 atom stereocenters. The molecular weight excluding hydrogens is 692 g/mol. The van der Waals surface area contributed by atoms with Gasteiger partial charge in [0.15, 0.2) is 11.9 Å². The van der Waals surface area contributed by atoms with Crippen molar-refractivity contribution in [2.45, 2.75) is 153 Å². The second kappa shape index (κ2) is 11.8. The highest BCUT2D eigenvalue weighted by molar-refractivity contribution is 5.92. The number of carbonyl (C=O) groups excluding carboxylic acids is 3. The summed E-state index contributed by atoms with van der Waals surface area (Å²) in [6.45, 7) is 9.77. The van der Waals surface area contributed by atoms with Gasteiger partial charge in [-0.05, 0) is 95.5 Å². The van der Waals surface area contributed by atoms with Gasteiger partial charge in [0.1, 0.15) is 30.2 Å². The molecule has 9 fully saturated rings. The standard InChI is InChI=1S/C42H58N2O10/c1-37(2)30-29(46)31(47)39(4)28(41(30)20-51-36(49)40(35(41)54-37)13-5-6-14-40)11-15-38(3)32(52-34(48)33-42(38,39)53-33)25-12-16-50-27(25)18-23-17-22(8-10-26(23)45)7-9-24-19-43-21-44-24/h12,16,22-24,26,28,30-33,35,43-45,47H,5-11,13-15,17-21H2,1-4H3. The molecule has 3 spiro atoms. The van der Waals surface area contributed by atoms with E-state index in [9.17, 15) is 24.6 Å². The van der Waals surface area contributed by atoms with Gasteiger partial charge in [-0.1, -0.05) is 26.7 Å². The molecule has 10 rings (SSSR count). The van der Waals surface area contributed by atoms with Crippen LogP contribution in [0.4, 0.5) is 0 Å². The summed E-state index contributed by atoms with van der Waals surface area (Å²) in [6, 6.07) is 2.38. The molecule has 1 aromatic rings. The minimum atomic E-state index is -1.43. The summed E-state index contributed by atoms with van der Waals surface area (Å²) in [5, 5.41) is 30.6. The lowest BCUT2D eigenvalue weighted by Gasteiger charge is -2.67. The maximum absolute atomic E-state index is 14.9. The van der Waals surface area contributed by atoms with Crippen LogP contribution < -0.4 is 10.6 Å². The number of Topliss-reactive ketones (excluding diaryl/α,β-unsaturated/α-hetero) is 1. The zero-order valence-corrected chi connectivity index (χ0v) is 32.2. The summed E-state index contributed by atoms with van der Waals surface area (Å²) < 4.78 is 32.4. The van der Waals surface area contributed by atoms with Gasteiger partial charge in [0, 0.05) is 47.5 Å². The van der Waals surface area contributed by atoms with Crippen molar-refractivity contribution in [3.63, 3.8) is 0 Å². The second-order valence-electron chi connectivity index (χ2n) is 19.9. The molecule has 4 N–H and O–H groups in total. The van der Waals surface area contributed by atoms with Gasteiger partial charge in [0.25, 0.3) is 0 Å². The Kier molecular flexibility index (Phi) is 7.90.